The number of carbonyl (C=O) groups excluding carboxylic acids is 1. The topological polar surface area (TPSA) is 38.3 Å². The van der Waals surface area contributed by atoms with Crippen LogP contribution < -0.4 is 5.32 Å². The lowest BCUT2D eigenvalue weighted by molar-refractivity contribution is 0.0516. The largest absolute Gasteiger partial charge is 0.444 e. The van der Waals surface area contributed by atoms with E-state index >= 15 is 0 Å². The van der Waals surface area contributed by atoms with Crippen LogP contribution in [0.1, 0.15) is 46.5 Å². The van der Waals surface area contributed by atoms with E-state index in [9.17, 15) is 4.79 Å². The monoisotopic (exact) mass is 225 g/mol. The van der Waals surface area contributed by atoms with Crippen molar-refractivity contribution in [3.8, 4) is 0 Å². The third-order valence-corrected chi connectivity index (χ3v) is 2.75. The number of rotatable bonds is 2. The van der Waals surface area contributed by atoms with Crippen LogP contribution in [-0.4, -0.2) is 18.2 Å². The van der Waals surface area contributed by atoms with E-state index in [0.29, 0.717) is 5.92 Å². The molecule has 1 saturated carbocycles. The van der Waals surface area contributed by atoms with Crippen LogP contribution in [0.15, 0.2) is 12.2 Å². The van der Waals surface area contributed by atoms with Gasteiger partial charge in [-0.2, -0.15) is 0 Å². The molecule has 92 valence electrons. The van der Waals surface area contributed by atoms with Crippen molar-refractivity contribution >= 4 is 6.09 Å². The molecule has 1 amide bonds. The summed E-state index contributed by atoms with van der Waals surface area (Å²) in [6, 6.07) is 0. The van der Waals surface area contributed by atoms with Crippen molar-refractivity contribution < 1.29 is 9.53 Å². The highest BCUT2D eigenvalue weighted by Gasteiger charge is 2.19. The highest BCUT2D eigenvalue weighted by molar-refractivity contribution is 5.67. The van der Waals surface area contributed by atoms with Gasteiger partial charge >= 0.3 is 6.09 Å². The molecule has 0 heterocycles. The quantitative estimate of drug-likeness (QED) is 0.732. The van der Waals surface area contributed by atoms with Crippen LogP contribution in [0.5, 0.6) is 0 Å². The number of nitrogens with one attached hydrogen (secondary N) is 1. The van der Waals surface area contributed by atoms with Gasteiger partial charge < -0.3 is 10.1 Å². The minimum Gasteiger partial charge on any atom is -0.444 e. The van der Waals surface area contributed by atoms with Crippen LogP contribution in [0.2, 0.25) is 0 Å². The molecule has 0 aromatic rings. The maximum Gasteiger partial charge on any atom is 0.407 e. The second-order valence-electron chi connectivity index (χ2n) is 5.58. The molecule has 1 aliphatic rings. The lowest BCUT2D eigenvalue weighted by Crippen LogP contribution is -2.35. The Morgan fingerprint density at radius 1 is 1.44 bits per heavy atom. The van der Waals surface area contributed by atoms with Gasteiger partial charge in [0.15, 0.2) is 0 Å². The summed E-state index contributed by atoms with van der Waals surface area (Å²) in [6.07, 6.45) is 4.15. The molecule has 0 spiro atoms. The van der Waals surface area contributed by atoms with Crippen LogP contribution in [0.4, 0.5) is 4.79 Å². The van der Waals surface area contributed by atoms with E-state index in [2.05, 4.69) is 11.9 Å². The second-order valence-corrected chi connectivity index (χ2v) is 5.58. The molecule has 0 aromatic carbocycles. The number of hydrogen-bond donors (Lipinski definition) is 1. The molecule has 3 heteroatoms. The lowest BCUT2D eigenvalue weighted by atomic mass is 9.86. The Bertz CT molecular complexity index is 256. The number of alkyl carbamates (subject to hydrolysis) is 1. The standard InChI is InChI=1S/C13H23NO2/c1-10-5-7-11(8-6-10)9-14-12(15)16-13(2,3)4/h11H,1,5-9H2,2-4H3,(H,14,15). The van der Waals surface area contributed by atoms with E-state index < -0.39 is 5.60 Å². The first kappa shape index (κ1) is 13.1. The number of carbonyl (C=O) groups is 1. The molecule has 0 aromatic heterocycles. The first-order valence-corrected chi connectivity index (χ1v) is 6.00. The molecule has 1 fully saturated rings. The zero-order valence-corrected chi connectivity index (χ0v) is 10.6. The van der Waals surface area contributed by atoms with E-state index in [1.165, 1.54) is 5.57 Å². The fourth-order valence-corrected chi connectivity index (χ4v) is 1.83. The maximum atomic E-state index is 11.4. The van der Waals surface area contributed by atoms with Crippen molar-refractivity contribution in [2.45, 2.75) is 52.1 Å². The van der Waals surface area contributed by atoms with Gasteiger partial charge in [-0.25, -0.2) is 4.79 Å². The number of ether oxygens (including phenoxy) is 1. The predicted molar refractivity (Wildman–Crippen MR) is 65.3 cm³/mol. The van der Waals surface area contributed by atoms with Crippen LogP contribution in [0.3, 0.4) is 0 Å². The smallest absolute Gasteiger partial charge is 0.407 e. The minimum atomic E-state index is -0.412. The van der Waals surface area contributed by atoms with Gasteiger partial charge in [-0.15, -0.1) is 0 Å². The number of amides is 1. The number of hydrogen-bond acceptors (Lipinski definition) is 2. The highest BCUT2D eigenvalue weighted by Crippen LogP contribution is 2.26. The van der Waals surface area contributed by atoms with Crippen LogP contribution in [0.25, 0.3) is 0 Å². The van der Waals surface area contributed by atoms with Crippen LogP contribution >= 0.6 is 0 Å². The highest BCUT2D eigenvalue weighted by atomic mass is 16.6. The molecule has 0 saturated heterocycles. The van der Waals surface area contributed by atoms with Gasteiger partial charge in [-0.1, -0.05) is 12.2 Å². The van der Waals surface area contributed by atoms with Crippen molar-refractivity contribution in [3.63, 3.8) is 0 Å². The van der Waals surface area contributed by atoms with Gasteiger partial charge in [0.05, 0.1) is 0 Å². The molecule has 0 aliphatic heterocycles. The summed E-state index contributed by atoms with van der Waals surface area (Å²) < 4.78 is 5.18. The molecule has 0 radical (unpaired) electrons. The molecule has 1 aliphatic carbocycles. The molecule has 0 bridgehead atoms. The van der Waals surface area contributed by atoms with E-state index in [1.807, 2.05) is 20.8 Å². The van der Waals surface area contributed by atoms with Crippen molar-refractivity contribution in [2.24, 2.45) is 5.92 Å². The summed E-state index contributed by atoms with van der Waals surface area (Å²) in [7, 11) is 0. The fourth-order valence-electron chi connectivity index (χ4n) is 1.83. The Morgan fingerprint density at radius 3 is 2.50 bits per heavy atom. The summed E-state index contributed by atoms with van der Waals surface area (Å²) in [5.41, 5.74) is 0.929. The maximum absolute atomic E-state index is 11.4. The van der Waals surface area contributed by atoms with Crippen LogP contribution in [0, 0.1) is 5.92 Å². The summed E-state index contributed by atoms with van der Waals surface area (Å²) in [5, 5.41) is 2.83. The summed E-state index contributed by atoms with van der Waals surface area (Å²) in [6.45, 7) is 10.3. The summed E-state index contributed by atoms with van der Waals surface area (Å²) in [4.78, 5) is 11.4. The molecule has 0 unspecified atom stereocenters. The predicted octanol–water partition coefficient (Wildman–Crippen LogP) is 3.26. The second kappa shape index (κ2) is 5.37. The van der Waals surface area contributed by atoms with E-state index in [-0.39, 0.29) is 6.09 Å². The zero-order chi connectivity index (χ0) is 12.2. The first-order chi connectivity index (χ1) is 7.37. The van der Waals surface area contributed by atoms with Gasteiger partial charge in [0.25, 0.3) is 0 Å². The molecule has 16 heavy (non-hydrogen) atoms. The van der Waals surface area contributed by atoms with E-state index in [4.69, 9.17) is 4.74 Å². The Balaban J connectivity index is 2.19. The lowest BCUT2D eigenvalue weighted by Gasteiger charge is -2.25. The SMILES string of the molecule is C=C1CCC(CNC(=O)OC(C)(C)C)CC1. The Labute approximate surface area is 98.2 Å². The molecule has 1 rings (SSSR count). The van der Waals surface area contributed by atoms with Gasteiger partial charge in [0.2, 0.25) is 0 Å². The molecule has 1 N–H and O–H groups in total. The van der Waals surface area contributed by atoms with Crippen molar-refractivity contribution in [1.29, 1.82) is 0 Å². The fraction of sp³-hybridized carbons (Fsp3) is 0.769. The number of allylic oxidation sites excluding steroid dienone is 1. The van der Waals surface area contributed by atoms with Crippen LogP contribution in [-0.2, 0) is 4.74 Å². The third kappa shape index (κ3) is 5.19. The average Bonchev–Trinajstić information content (AvgIpc) is 2.14. The zero-order valence-electron chi connectivity index (χ0n) is 10.6. The Morgan fingerprint density at radius 2 is 2.00 bits per heavy atom. The molecular formula is C13H23NO2. The summed E-state index contributed by atoms with van der Waals surface area (Å²) >= 11 is 0. The van der Waals surface area contributed by atoms with Crippen molar-refractivity contribution in [1.82, 2.24) is 5.32 Å². The van der Waals surface area contributed by atoms with Gasteiger partial charge in [-0.05, 0) is 52.4 Å². The van der Waals surface area contributed by atoms with E-state index in [1.54, 1.807) is 0 Å². The van der Waals surface area contributed by atoms with Crippen molar-refractivity contribution in [2.75, 3.05) is 6.54 Å². The molecule has 0 atom stereocenters. The van der Waals surface area contributed by atoms with Gasteiger partial charge in [-0.3, -0.25) is 0 Å². The van der Waals surface area contributed by atoms with E-state index in [0.717, 1.165) is 32.2 Å². The Hall–Kier alpha value is -0.990. The third-order valence-electron chi connectivity index (χ3n) is 2.75. The van der Waals surface area contributed by atoms with Gasteiger partial charge in [0.1, 0.15) is 5.60 Å². The van der Waals surface area contributed by atoms with Gasteiger partial charge in [0, 0.05) is 6.54 Å². The molecule has 3 nitrogen and oxygen atoms in total. The van der Waals surface area contributed by atoms with Crippen molar-refractivity contribution in [3.05, 3.63) is 12.2 Å². The summed E-state index contributed by atoms with van der Waals surface area (Å²) in [5.74, 6) is 0.581. The molecular weight excluding hydrogens is 202 g/mol. The average molecular weight is 225 g/mol. The normalized spacial score (nSPS) is 18.3. The minimum absolute atomic E-state index is 0.308. The first-order valence-electron chi connectivity index (χ1n) is 6.00. The Kier molecular flexibility index (Phi) is 4.39.